The lowest BCUT2D eigenvalue weighted by Gasteiger charge is -2.41. The predicted octanol–water partition coefficient (Wildman–Crippen LogP) is 8.03. The molecule has 2 N–H and O–H groups in total. The van der Waals surface area contributed by atoms with E-state index < -0.39 is 40.8 Å². The molecule has 0 saturated carbocycles. The maximum Gasteiger partial charge on any atom is 0.269 e. The Balaban J connectivity index is 1.71. The third-order valence-electron chi connectivity index (χ3n) is 9.39. The van der Waals surface area contributed by atoms with Crippen LogP contribution in [0, 0.1) is 17.0 Å². The highest BCUT2D eigenvalue weighted by Gasteiger charge is 2.44. The van der Waals surface area contributed by atoms with E-state index in [0.717, 1.165) is 11.1 Å². The Morgan fingerprint density at radius 1 is 0.959 bits per heavy atom. The van der Waals surface area contributed by atoms with Crippen LogP contribution in [0.1, 0.15) is 49.1 Å². The minimum atomic E-state index is -4.07. The van der Waals surface area contributed by atoms with Crippen LogP contribution >= 0.6 is 0 Å². The van der Waals surface area contributed by atoms with E-state index in [-0.39, 0.29) is 40.1 Å². The average molecular weight is 707 g/mol. The molecule has 1 aliphatic heterocycles. The number of methoxy groups -OCH3 is 1. The molecule has 0 amide bonds. The van der Waals surface area contributed by atoms with Crippen molar-refractivity contribution in [2.75, 3.05) is 13.7 Å². The fourth-order valence-corrected chi connectivity index (χ4v) is 8.20. The summed E-state index contributed by atoms with van der Waals surface area (Å²) in [5, 5.41) is 32.2. The van der Waals surface area contributed by atoms with Crippen molar-refractivity contribution in [3.8, 4) is 34.5 Å². The minimum Gasteiger partial charge on any atom is -0.541 e. The lowest BCUT2D eigenvalue weighted by molar-refractivity contribution is -0.384. The number of hydrogen-bond donors (Lipinski definition) is 2. The fourth-order valence-electron chi connectivity index (χ4n) is 5.57. The first-order valence-electron chi connectivity index (χ1n) is 15.9. The van der Waals surface area contributed by atoms with E-state index in [1.807, 2.05) is 19.1 Å². The number of rotatable bonds is 10. The van der Waals surface area contributed by atoms with Crippen molar-refractivity contribution in [3.05, 3.63) is 105 Å². The third-order valence-corrected chi connectivity index (χ3v) is 15.6. The van der Waals surface area contributed by atoms with Crippen LogP contribution in [-0.4, -0.2) is 49.8 Å². The van der Waals surface area contributed by atoms with Gasteiger partial charge in [-0.05, 0) is 79.9 Å². The van der Waals surface area contributed by atoms with Crippen LogP contribution in [-0.2, 0) is 22.9 Å². The molecule has 4 aromatic rings. The molecule has 0 fully saturated rings. The number of phenolic OH excluding ortho intramolecular Hbond substituents is 2. The standard InChI is InChI=1S/C36H42N2O9SSi/c1-23-8-15-28(16-9-23)48(43,44)37-19-18-24-10-17-32(45-5)35(47-49(6,7)36(2,3)4)34(24)29(37)20-25-21-30(39)31(40)22-33(25)46-27-13-11-26(12-14-27)38(41)42/h8-17,21-22,29,39-40H,18-20H2,1-7H3/t29-/m0/s1. The number of nitro groups is 1. The fraction of sp³-hybridized carbons (Fsp3) is 0.333. The number of fused-ring (bicyclic) bond motifs is 1. The summed E-state index contributed by atoms with van der Waals surface area (Å²) in [4.78, 5) is 10.8. The summed E-state index contributed by atoms with van der Waals surface area (Å²) < 4.78 is 49.3. The van der Waals surface area contributed by atoms with Gasteiger partial charge in [0.1, 0.15) is 11.5 Å². The van der Waals surface area contributed by atoms with Gasteiger partial charge in [0, 0.05) is 35.9 Å². The molecule has 1 atom stereocenters. The van der Waals surface area contributed by atoms with Crippen molar-refractivity contribution >= 4 is 24.0 Å². The summed E-state index contributed by atoms with van der Waals surface area (Å²) in [5.74, 6) is 0.462. The highest BCUT2D eigenvalue weighted by Crippen LogP contribution is 2.50. The van der Waals surface area contributed by atoms with Crippen molar-refractivity contribution in [3.63, 3.8) is 0 Å². The zero-order valence-electron chi connectivity index (χ0n) is 28.7. The van der Waals surface area contributed by atoms with E-state index in [4.69, 9.17) is 13.9 Å². The minimum absolute atomic E-state index is 0.00920. The third kappa shape index (κ3) is 7.24. The van der Waals surface area contributed by atoms with Gasteiger partial charge in [-0.1, -0.05) is 44.5 Å². The molecule has 5 rings (SSSR count). The van der Waals surface area contributed by atoms with Crippen molar-refractivity contribution < 1.29 is 37.5 Å². The topological polar surface area (TPSA) is 149 Å². The lowest BCUT2D eigenvalue weighted by atomic mass is 9.88. The molecular formula is C36H42N2O9SSi. The number of ether oxygens (including phenoxy) is 2. The van der Waals surface area contributed by atoms with Crippen LogP contribution in [0.25, 0.3) is 0 Å². The van der Waals surface area contributed by atoms with Gasteiger partial charge in [0.25, 0.3) is 14.0 Å². The summed E-state index contributed by atoms with van der Waals surface area (Å²) in [5.41, 5.74) is 2.73. The number of nitro benzene ring substituents is 1. The molecule has 11 nitrogen and oxygen atoms in total. The first-order valence-corrected chi connectivity index (χ1v) is 20.2. The monoisotopic (exact) mass is 706 g/mol. The Bertz CT molecular complexity index is 1970. The molecule has 0 radical (unpaired) electrons. The molecule has 13 heteroatoms. The average Bonchev–Trinajstić information content (AvgIpc) is 3.03. The molecule has 260 valence electrons. The van der Waals surface area contributed by atoms with Crippen LogP contribution < -0.4 is 13.9 Å². The maximum atomic E-state index is 14.5. The molecule has 0 aromatic heterocycles. The van der Waals surface area contributed by atoms with Crippen LogP contribution in [0.15, 0.2) is 77.7 Å². The number of sulfonamides is 1. The molecule has 4 aromatic carbocycles. The largest absolute Gasteiger partial charge is 0.541 e. The lowest BCUT2D eigenvalue weighted by Crippen LogP contribution is -2.45. The Kier molecular flexibility index (Phi) is 9.74. The number of non-ortho nitro benzene ring substituents is 1. The number of aromatic hydroxyl groups is 2. The Morgan fingerprint density at radius 3 is 2.18 bits per heavy atom. The molecule has 0 unspecified atom stereocenters. The van der Waals surface area contributed by atoms with Gasteiger partial charge in [-0.25, -0.2) is 8.42 Å². The molecule has 0 bridgehead atoms. The first kappa shape index (κ1) is 35.7. The molecule has 0 saturated heterocycles. The number of phenols is 2. The van der Waals surface area contributed by atoms with Gasteiger partial charge in [0.05, 0.1) is 23.0 Å². The van der Waals surface area contributed by atoms with E-state index >= 15 is 0 Å². The van der Waals surface area contributed by atoms with E-state index in [2.05, 4.69) is 33.9 Å². The second-order valence-corrected chi connectivity index (χ2v) is 20.3. The molecule has 0 aliphatic carbocycles. The summed E-state index contributed by atoms with van der Waals surface area (Å²) in [6.45, 7) is 12.6. The van der Waals surface area contributed by atoms with Gasteiger partial charge in [0.15, 0.2) is 23.0 Å². The maximum absolute atomic E-state index is 14.5. The highest BCUT2D eigenvalue weighted by molar-refractivity contribution is 7.89. The van der Waals surface area contributed by atoms with Crippen LogP contribution in [0.5, 0.6) is 34.5 Å². The van der Waals surface area contributed by atoms with E-state index in [1.165, 1.54) is 40.7 Å². The van der Waals surface area contributed by atoms with E-state index in [0.29, 0.717) is 29.0 Å². The van der Waals surface area contributed by atoms with Crippen LogP contribution in [0.4, 0.5) is 5.69 Å². The Morgan fingerprint density at radius 2 is 1.59 bits per heavy atom. The first-order chi connectivity index (χ1) is 22.9. The van der Waals surface area contributed by atoms with E-state index in [9.17, 15) is 28.7 Å². The Hall–Kier alpha value is -4.59. The quantitative estimate of drug-likeness (QED) is 0.0723. The zero-order chi connectivity index (χ0) is 35.9. The molecule has 1 heterocycles. The summed E-state index contributed by atoms with van der Waals surface area (Å²) in [6, 6.07) is 17.6. The van der Waals surface area contributed by atoms with Crippen LogP contribution in [0.3, 0.4) is 0 Å². The second kappa shape index (κ2) is 13.4. The SMILES string of the molecule is COc1ccc2c(c1O[Si](C)(C)C(C)(C)C)[C@H](Cc1cc(O)c(O)cc1Oc1ccc([N+](=O)[O-])cc1)N(S(=O)(=O)c1ccc(C)cc1)CC2. The van der Waals surface area contributed by atoms with Gasteiger partial charge in [-0.15, -0.1) is 0 Å². The smallest absolute Gasteiger partial charge is 0.269 e. The van der Waals surface area contributed by atoms with Crippen molar-refractivity contribution in [1.82, 2.24) is 4.31 Å². The highest BCUT2D eigenvalue weighted by atomic mass is 32.2. The molecule has 0 spiro atoms. The van der Waals surface area contributed by atoms with Gasteiger partial charge < -0.3 is 24.1 Å². The van der Waals surface area contributed by atoms with Crippen molar-refractivity contribution in [1.29, 1.82) is 0 Å². The number of nitrogens with zero attached hydrogens (tertiary/aromatic N) is 2. The van der Waals surface area contributed by atoms with Crippen molar-refractivity contribution in [2.24, 2.45) is 0 Å². The van der Waals surface area contributed by atoms with Crippen molar-refractivity contribution in [2.45, 2.75) is 69.6 Å². The number of aryl methyl sites for hydroxylation is 1. The Labute approximate surface area is 288 Å². The van der Waals surface area contributed by atoms with E-state index in [1.54, 1.807) is 31.4 Å². The molecule has 1 aliphatic rings. The number of benzene rings is 4. The molecular weight excluding hydrogens is 665 g/mol. The predicted molar refractivity (Wildman–Crippen MR) is 189 cm³/mol. The van der Waals surface area contributed by atoms with Gasteiger partial charge in [-0.2, -0.15) is 4.31 Å². The van der Waals surface area contributed by atoms with Crippen LogP contribution in [0.2, 0.25) is 18.1 Å². The summed E-state index contributed by atoms with van der Waals surface area (Å²) in [7, 11) is -5.02. The summed E-state index contributed by atoms with van der Waals surface area (Å²) in [6.07, 6.45) is 0.428. The second-order valence-electron chi connectivity index (χ2n) is 13.7. The van der Waals surface area contributed by atoms with Gasteiger partial charge >= 0.3 is 0 Å². The zero-order valence-corrected chi connectivity index (χ0v) is 30.5. The summed E-state index contributed by atoms with van der Waals surface area (Å²) >= 11 is 0. The van der Waals surface area contributed by atoms with Gasteiger partial charge in [-0.3, -0.25) is 10.1 Å². The van der Waals surface area contributed by atoms with Gasteiger partial charge in [0.2, 0.25) is 10.0 Å². The number of hydrogen-bond acceptors (Lipinski definition) is 9. The molecule has 49 heavy (non-hydrogen) atoms. The normalized spacial score (nSPS) is 15.4.